The Morgan fingerprint density at radius 3 is 1.18 bits per heavy atom. The van der Waals surface area contributed by atoms with Gasteiger partial charge in [-0.3, -0.25) is 0 Å². The molecule has 2 fully saturated rings. The van der Waals surface area contributed by atoms with Crippen LogP contribution < -0.4 is 0 Å². The van der Waals surface area contributed by atoms with Gasteiger partial charge in [-0.1, -0.05) is 0 Å². The van der Waals surface area contributed by atoms with E-state index in [9.17, 15) is 0 Å². The molecule has 0 amide bonds. The molecule has 2 aliphatic heterocycles. The van der Waals surface area contributed by atoms with Gasteiger partial charge in [-0.05, 0) is 39.3 Å². The van der Waals surface area contributed by atoms with Crippen molar-refractivity contribution in [2.75, 3.05) is 14.2 Å². The molecule has 130 valence electrons. The molecule has 22 heavy (non-hydrogen) atoms. The minimum atomic E-state index is -1.75. The number of methoxy groups -OCH3 is 2. The molecule has 2 heterocycles. The van der Waals surface area contributed by atoms with Crippen LogP contribution in [0.5, 0.6) is 0 Å². The van der Waals surface area contributed by atoms with E-state index in [1.165, 1.54) is 0 Å². The Kier molecular flexibility index (Phi) is 5.56. The number of hydrogen-bond donors (Lipinski definition) is 0. The Morgan fingerprint density at radius 1 is 0.636 bits per heavy atom. The fourth-order valence-electron chi connectivity index (χ4n) is 2.90. The predicted octanol–water partition coefficient (Wildman–Crippen LogP) is 2.17. The second-order valence-electron chi connectivity index (χ2n) is 7.80. The van der Waals surface area contributed by atoms with Crippen molar-refractivity contribution in [3.63, 3.8) is 0 Å². The average Bonchev–Trinajstić information content (AvgIpc) is 2.84. The van der Waals surface area contributed by atoms with Gasteiger partial charge in [0.25, 0.3) is 0 Å². The SMILES string of the molecule is COC1O[C@H]2[C@H](OC(OC)[C@@H]2O[Si](C)(C)C)[C@@H]1O[Si](C)(C)C. The third-order valence-electron chi connectivity index (χ3n) is 3.53. The average molecular weight is 351 g/mol. The van der Waals surface area contributed by atoms with E-state index in [0.29, 0.717) is 0 Å². The maximum absolute atomic E-state index is 6.25. The van der Waals surface area contributed by atoms with Gasteiger partial charge in [0.05, 0.1) is 0 Å². The van der Waals surface area contributed by atoms with Crippen molar-refractivity contribution in [3.05, 3.63) is 0 Å². The molecule has 0 aromatic carbocycles. The molecule has 0 aliphatic carbocycles. The van der Waals surface area contributed by atoms with Crippen molar-refractivity contribution >= 4 is 16.6 Å². The first-order chi connectivity index (χ1) is 10.1. The van der Waals surface area contributed by atoms with Crippen LogP contribution in [0.25, 0.3) is 0 Å². The molecule has 0 aromatic heterocycles. The highest BCUT2D eigenvalue weighted by Gasteiger charge is 2.59. The molecule has 0 saturated carbocycles. The van der Waals surface area contributed by atoms with Crippen LogP contribution in [0.15, 0.2) is 0 Å². The molecular weight excluding hydrogens is 320 g/mol. The fourth-order valence-corrected chi connectivity index (χ4v) is 5.02. The largest absolute Gasteiger partial charge is 0.407 e. The third-order valence-corrected chi connectivity index (χ3v) is 5.49. The van der Waals surface area contributed by atoms with Crippen molar-refractivity contribution in [2.45, 2.75) is 76.3 Å². The highest BCUT2D eigenvalue weighted by Crippen LogP contribution is 2.40. The Morgan fingerprint density at radius 2 is 0.955 bits per heavy atom. The minimum Gasteiger partial charge on any atom is -0.407 e. The summed E-state index contributed by atoms with van der Waals surface area (Å²) in [6.07, 6.45) is -1.77. The van der Waals surface area contributed by atoms with Gasteiger partial charge in [-0.25, -0.2) is 0 Å². The first-order valence-corrected chi connectivity index (χ1v) is 14.6. The summed E-state index contributed by atoms with van der Waals surface area (Å²) in [7, 11) is -0.242. The molecular formula is C14H30O6Si2. The van der Waals surface area contributed by atoms with Gasteiger partial charge >= 0.3 is 0 Å². The Balaban J connectivity index is 2.18. The van der Waals surface area contributed by atoms with Gasteiger partial charge in [-0.2, -0.15) is 0 Å². The van der Waals surface area contributed by atoms with Gasteiger partial charge in [0.1, 0.15) is 24.4 Å². The molecule has 2 saturated heterocycles. The molecule has 0 N–H and O–H groups in total. The molecule has 2 rings (SSSR count). The summed E-state index contributed by atoms with van der Waals surface area (Å²) in [6, 6.07) is 0. The van der Waals surface area contributed by atoms with Gasteiger partial charge in [0, 0.05) is 14.2 Å². The molecule has 6 nitrogen and oxygen atoms in total. The zero-order valence-electron chi connectivity index (χ0n) is 14.9. The normalized spacial score (nSPS) is 39.3. The Hall–Kier alpha value is 0.194. The lowest BCUT2D eigenvalue weighted by Gasteiger charge is -2.30. The van der Waals surface area contributed by atoms with E-state index >= 15 is 0 Å². The minimum absolute atomic E-state index is 0.219. The van der Waals surface area contributed by atoms with E-state index in [4.69, 9.17) is 27.8 Å². The van der Waals surface area contributed by atoms with Crippen LogP contribution in [-0.2, 0) is 27.8 Å². The lowest BCUT2D eigenvalue weighted by atomic mass is 10.1. The molecule has 2 aliphatic rings. The molecule has 0 aromatic rings. The monoisotopic (exact) mass is 350 g/mol. The molecule has 2 unspecified atom stereocenters. The molecule has 6 atom stereocenters. The van der Waals surface area contributed by atoms with Crippen molar-refractivity contribution in [3.8, 4) is 0 Å². The third kappa shape index (κ3) is 4.18. The summed E-state index contributed by atoms with van der Waals surface area (Å²) in [4.78, 5) is 0. The first-order valence-electron chi connectivity index (χ1n) is 7.78. The Bertz CT molecular complexity index is 345. The number of hydrogen-bond acceptors (Lipinski definition) is 6. The molecule has 0 bridgehead atoms. The highest BCUT2D eigenvalue weighted by atomic mass is 28.4. The lowest BCUT2D eigenvalue weighted by molar-refractivity contribution is -0.202. The first kappa shape index (κ1) is 18.5. The topological polar surface area (TPSA) is 55.4 Å². The standard InChI is InChI=1S/C14H30O6Si2/c1-15-13-11(19-21(3,4)5)9-10(17-13)12(14(16-2)18-9)20-22(6,7)8/h9-14H,1-8H3/t9-,10-,11-,12+,13?,14?/m0/s1. The van der Waals surface area contributed by atoms with Crippen LogP contribution in [0, 0.1) is 0 Å². The van der Waals surface area contributed by atoms with Gasteiger partial charge in [0.2, 0.25) is 0 Å². The summed E-state index contributed by atoms with van der Waals surface area (Å²) in [5.41, 5.74) is 0. The summed E-state index contributed by atoms with van der Waals surface area (Å²) >= 11 is 0. The van der Waals surface area contributed by atoms with Crippen LogP contribution in [0.3, 0.4) is 0 Å². The van der Waals surface area contributed by atoms with Gasteiger partial charge < -0.3 is 27.8 Å². The molecule has 8 heteroatoms. The summed E-state index contributed by atoms with van der Waals surface area (Å²) in [5.74, 6) is 0. The summed E-state index contributed by atoms with van der Waals surface area (Å²) in [6.45, 7) is 12.9. The molecule has 0 spiro atoms. The number of rotatable bonds is 6. The quantitative estimate of drug-likeness (QED) is 0.684. The van der Waals surface area contributed by atoms with Crippen LogP contribution in [-0.4, -0.2) is 67.9 Å². The molecule has 0 radical (unpaired) electrons. The second kappa shape index (κ2) is 6.60. The van der Waals surface area contributed by atoms with Gasteiger partial charge in [0.15, 0.2) is 29.2 Å². The van der Waals surface area contributed by atoms with Crippen molar-refractivity contribution in [1.82, 2.24) is 0 Å². The van der Waals surface area contributed by atoms with E-state index in [0.717, 1.165) is 0 Å². The van der Waals surface area contributed by atoms with E-state index in [-0.39, 0.29) is 24.4 Å². The van der Waals surface area contributed by atoms with E-state index in [1.54, 1.807) is 14.2 Å². The van der Waals surface area contributed by atoms with Crippen molar-refractivity contribution in [1.29, 1.82) is 0 Å². The lowest BCUT2D eigenvalue weighted by Crippen LogP contribution is -2.43. The van der Waals surface area contributed by atoms with Crippen molar-refractivity contribution in [2.24, 2.45) is 0 Å². The number of fused-ring (bicyclic) bond motifs is 1. The predicted molar refractivity (Wildman–Crippen MR) is 87.8 cm³/mol. The van der Waals surface area contributed by atoms with E-state index < -0.39 is 29.2 Å². The smallest absolute Gasteiger partial charge is 0.185 e. The van der Waals surface area contributed by atoms with Crippen LogP contribution in [0.1, 0.15) is 0 Å². The zero-order chi connectivity index (χ0) is 16.7. The second-order valence-corrected chi connectivity index (χ2v) is 16.7. The Labute approximate surface area is 135 Å². The van der Waals surface area contributed by atoms with Crippen LogP contribution >= 0.6 is 0 Å². The zero-order valence-corrected chi connectivity index (χ0v) is 16.9. The summed E-state index contributed by atoms with van der Waals surface area (Å²) in [5, 5.41) is 0. The van der Waals surface area contributed by atoms with Crippen LogP contribution in [0.4, 0.5) is 0 Å². The summed E-state index contributed by atoms with van der Waals surface area (Å²) < 4.78 is 35.5. The van der Waals surface area contributed by atoms with E-state index in [1.807, 2.05) is 0 Å². The maximum atomic E-state index is 6.25. The highest BCUT2D eigenvalue weighted by molar-refractivity contribution is 6.70. The van der Waals surface area contributed by atoms with E-state index in [2.05, 4.69) is 39.3 Å². The van der Waals surface area contributed by atoms with Crippen LogP contribution in [0.2, 0.25) is 39.3 Å². The number of ether oxygens (including phenoxy) is 4. The maximum Gasteiger partial charge on any atom is 0.185 e. The van der Waals surface area contributed by atoms with Gasteiger partial charge in [-0.15, -0.1) is 0 Å². The van der Waals surface area contributed by atoms with Crippen molar-refractivity contribution < 1.29 is 27.8 Å². The fraction of sp³-hybridized carbons (Fsp3) is 1.00.